The predicted octanol–water partition coefficient (Wildman–Crippen LogP) is 5.24. The maximum atomic E-state index is 14.1. The molecule has 0 heterocycles. The SMILES string of the molecule is Cc1ccc(N(CC(=O)N(Cc2ccc(Br)cc2)[C@H](Cc2ccccc2)C(=O)NCC(C)C)S(C)(=O)=O)c(C)c1. The summed E-state index contributed by atoms with van der Waals surface area (Å²) < 4.78 is 28.0. The van der Waals surface area contributed by atoms with E-state index in [9.17, 15) is 18.0 Å². The van der Waals surface area contributed by atoms with E-state index in [4.69, 9.17) is 0 Å². The van der Waals surface area contributed by atoms with Crippen LogP contribution in [0.1, 0.15) is 36.1 Å². The quantitative estimate of drug-likeness (QED) is 0.297. The predicted molar refractivity (Wildman–Crippen MR) is 165 cm³/mol. The smallest absolute Gasteiger partial charge is 0.244 e. The summed E-state index contributed by atoms with van der Waals surface area (Å²) in [5, 5.41) is 2.99. The van der Waals surface area contributed by atoms with Crippen molar-refractivity contribution in [2.45, 2.75) is 46.7 Å². The molecule has 9 heteroatoms. The second kappa shape index (κ2) is 13.9. The number of hydrogen-bond donors (Lipinski definition) is 1. The molecule has 7 nitrogen and oxygen atoms in total. The number of carbonyl (C=O) groups is 2. The van der Waals surface area contributed by atoms with E-state index in [0.29, 0.717) is 12.2 Å². The Morgan fingerprint density at radius 1 is 0.925 bits per heavy atom. The Labute approximate surface area is 246 Å². The van der Waals surface area contributed by atoms with Gasteiger partial charge < -0.3 is 10.2 Å². The lowest BCUT2D eigenvalue weighted by Gasteiger charge is -2.34. The Morgan fingerprint density at radius 2 is 1.57 bits per heavy atom. The van der Waals surface area contributed by atoms with E-state index in [-0.39, 0.29) is 24.8 Å². The molecule has 2 amide bonds. The van der Waals surface area contributed by atoms with E-state index < -0.39 is 28.5 Å². The maximum absolute atomic E-state index is 14.1. The van der Waals surface area contributed by atoms with Gasteiger partial charge in [-0.25, -0.2) is 8.42 Å². The molecule has 1 N–H and O–H groups in total. The fourth-order valence-electron chi connectivity index (χ4n) is 4.44. The van der Waals surface area contributed by atoms with Crippen molar-refractivity contribution in [2.75, 3.05) is 23.7 Å². The first kappa shape index (κ1) is 31.4. The minimum absolute atomic E-state index is 0.142. The van der Waals surface area contributed by atoms with Crippen LogP contribution in [0.5, 0.6) is 0 Å². The molecule has 40 heavy (non-hydrogen) atoms. The minimum Gasteiger partial charge on any atom is -0.354 e. The van der Waals surface area contributed by atoms with Gasteiger partial charge in [0, 0.05) is 24.0 Å². The number of nitrogens with zero attached hydrogens (tertiary/aromatic N) is 2. The lowest BCUT2D eigenvalue weighted by atomic mass is 10.0. The van der Waals surface area contributed by atoms with E-state index in [1.54, 1.807) is 6.07 Å². The van der Waals surface area contributed by atoms with Gasteiger partial charge in [-0.1, -0.05) is 89.9 Å². The monoisotopic (exact) mass is 627 g/mol. The van der Waals surface area contributed by atoms with Gasteiger partial charge in [0.15, 0.2) is 0 Å². The molecule has 0 bridgehead atoms. The van der Waals surface area contributed by atoms with Gasteiger partial charge in [-0.05, 0) is 54.7 Å². The lowest BCUT2D eigenvalue weighted by Crippen LogP contribution is -2.53. The molecule has 0 unspecified atom stereocenters. The third-order valence-electron chi connectivity index (χ3n) is 6.52. The highest BCUT2D eigenvalue weighted by atomic mass is 79.9. The van der Waals surface area contributed by atoms with Gasteiger partial charge in [0.2, 0.25) is 21.8 Å². The van der Waals surface area contributed by atoms with Gasteiger partial charge >= 0.3 is 0 Å². The summed E-state index contributed by atoms with van der Waals surface area (Å²) in [5.41, 5.74) is 3.89. The zero-order valence-corrected chi connectivity index (χ0v) is 26.1. The van der Waals surface area contributed by atoms with E-state index in [2.05, 4.69) is 21.2 Å². The topological polar surface area (TPSA) is 86.8 Å². The van der Waals surface area contributed by atoms with E-state index in [0.717, 1.165) is 37.3 Å². The van der Waals surface area contributed by atoms with Crippen molar-refractivity contribution >= 4 is 43.5 Å². The van der Waals surface area contributed by atoms with Crippen LogP contribution in [0.25, 0.3) is 0 Å². The van der Waals surface area contributed by atoms with Gasteiger partial charge in [0.1, 0.15) is 12.6 Å². The van der Waals surface area contributed by atoms with Gasteiger partial charge in [-0.3, -0.25) is 13.9 Å². The van der Waals surface area contributed by atoms with Crippen LogP contribution in [-0.2, 0) is 32.6 Å². The van der Waals surface area contributed by atoms with Gasteiger partial charge in [-0.2, -0.15) is 0 Å². The van der Waals surface area contributed by atoms with E-state index in [1.165, 1.54) is 4.90 Å². The average Bonchev–Trinajstić information content (AvgIpc) is 2.89. The number of benzene rings is 3. The largest absolute Gasteiger partial charge is 0.354 e. The molecule has 0 aliphatic heterocycles. The number of rotatable bonds is 12. The summed E-state index contributed by atoms with van der Waals surface area (Å²) in [5.74, 6) is -0.517. The fourth-order valence-corrected chi connectivity index (χ4v) is 5.61. The minimum atomic E-state index is -3.81. The number of halogens is 1. The fraction of sp³-hybridized carbons (Fsp3) is 0.355. The molecule has 0 saturated carbocycles. The zero-order valence-electron chi connectivity index (χ0n) is 23.7. The zero-order chi connectivity index (χ0) is 29.4. The number of carbonyl (C=O) groups excluding carboxylic acids is 2. The molecule has 0 aromatic heterocycles. The summed E-state index contributed by atoms with van der Waals surface area (Å²) in [6.07, 6.45) is 1.38. The third-order valence-corrected chi connectivity index (χ3v) is 8.18. The van der Waals surface area contributed by atoms with Crippen molar-refractivity contribution in [1.29, 1.82) is 0 Å². The van der Waals surface area contributed by atoms with Crippen LogP contribution >= 0.6 is 15.9 Å². The number of hydrogen-bond acceptors (Lipinski definition) is 4. The normalized spacial score (nSPS) is 12.2. The molecule has 3 rings (SSSR count). The highest BCUT2D eigenvalue weighted by Gasteiger charge is 2.33. The molecular formula is C31H38BrN3O4S. The Morgan fingerprint density at radius 3 is 2.15 bits per heavy atom. The van der Waals surface area contributed by atoms with Crippen LogP contribution in [-0.4, -0.2) is 50.5 Å². The Bertz CT molecular complexity index is 1410. The van der Waals surface area contributed by atoms with Crippen LogP contribution in [0.15, 0.2) is 77.3 Å². The van der Waals surface area contributed by atoms with Crippen LogP contribution in [0.4, 0.5) is 5.69 Å². The van der Waals surface area contributed by atoms with Crippen LogP contribution in [0.2, 0.25) is 0 Å². The van der Waals surface area contributed by atoms with Crippen LogP contribution in [0, 0.1) is 19.8 Å². The first-order valence-electron chi connectivity index (χ1n) is 13.3. The maximum Gasteiger partial charge on any atom is 0.244 e. The van der Waals surface area contributed by atoms with Crippen molar-refractivity contribution in [3.8, 4) is 0 Å². The summed E-state index contributed by atoms with van der Waals surface area (Å²) in [6, 6.07) is 21.6. The first-order valence-corrected chi connectivity index (χ1v) is 15.9. The summed E-state index contributed by atoms with van der Waals surface area (Å²) in [6.45, 7) is 7.93. The Kier molecular flexibility index (Phi) is 10.9. The summed E-state index contributed by atoms with van der Waals surface area (Å²) >= 11 is 3.45. The molecular weight excluding hydrogens is 590 g/mol. The number of aryl methyl sites for hydroxylation is 2. The second-order valence-electron chi connectivity index (χ2n) is 10.6. The van der Waals surface area contributed by atoms with Crippen molar-refractivity contribution in [2.24, 2.45) is 5.92 Å². The second-order valence-corrected chi connectivity index (χ2v) is 13.4. The number of nitrogens with one attached hydrogen (secondary N) is 1. The molecule has 0 aliphatic carbocycles. The first-order chi connectivity index (χ1) is 18.8. The number of anilines is 1. The van der Waals surface area contributed by atoms with E-state index >= 15 is 0 Å². The number of sulfonamides is 1. The van der Waals surface area contributed by atoms with Crippen LogP contribution < -0.4 is 9.62 Å². The molecule has 0 aliphatic rings. The Hall–Kier alpha value is -3.17. The van der Waals surface area contributed by atoms with Crippen molar-refractivity contribution < 1.29 is 18.0 Å². The summed E-state index contributed by atoms with van der Waals surface area (Å²) in [7, 11) is -3.81. The van der Waals surface area contributed by atoms with Gasteiger partial charge in [-0.15, -0.1) is 0 Å². The standard InChI is InChI=1S/C31H38BrN3O4S/c1-22(2)19-33-31(37)29(18-25-9-7-6-8-10-25)34(20-26-12-14-27(32)15-13-26)30(36)21-35(40(5,38)39)28-16-11-23(3)17-24(28)4/h6-17,22,29H,18-21H2,1-5H3,(H,33,37)/t29-/m1/s1. The molecule has 3 aromatic rings. The van der Waals surface area contributed by atoms with Crippen molar-refractivity contribution in [1.82, 2.24) is 10.2 Å². The molecule has 3 aromatic carbocycles. The highest BCUT2D eigenvalue weighted by Crippen LogP contribution is 2.25. The van der Waals surface area contributed by atoms with Crippen LogP contribution in [0.3, 0.4) is 0 Å². The molecule has 0 fully saturated rings. The van der Waals surface area contributed by atoms with Crippen molar-refractivity contribution in [3.63, 3.8) is 0 Å². The molecule has 0 saturated heterocycles. The third kappa shape index (κ3) is 8.93. The Balaban J connectivity index is 2.06. The molecule has 1 atom stereocenters. The van der Waals surface area contributed by atoms with Gasteiger partial charge in [0.25, 0.3) is 0 Å². The average molecular weight is 629 g/mol. The van der Waals surface area contributed by atoms with E-state index in [1.807, 2.05) is 94.4 Å². The molecule has 0 radical (unpaired) electrons. The van der Waals surface area contributed by atoms with Crippen molar-refractivity contribution in [3.05, 3.63) is 99.5 Å². The number of amides is 2. The highest BCUT2D eigenvalue weighted by molar-refractivity contribution is 9.10. The summed E-state index contributed by atoms with van der Waals surface area (Å²) in [4.78, 5) is 29.3. The molecule has 0 spiro atoms. The lowest BCUT2D eigenvalue weighted by molar-refractivity contribution is -0.140. The van der Waals surface area contributed by atoms with Gasteiger partial charge in [0.05, 0.1) is 11.9 Å². The molecule has 214 valence electrons.